The molecule has 6 nitrogen and oxygen atoms in total. The summed E-state index contributed by atoms with van der Waals surface area (Å²) in [6, 6.07) is 12.1. The number of carbonyl (C=O) groups excluding carboxylic acids is 1. The number of benzene rings is 1. The average Bonchev–Trinajstić information content (AvgIpc) is 2.97. The van der Waals surface area contributed by atoms with Crippen LogP contribution in [0.1, 0.15) is 16.1 Å². The van der Waals surface area contributed by atoms with Gasteiger partial charge in [0.05, 0.1) is 16.8 Å². The minimum absolute atomic E-state index is 0.0626. The third-order valence-corrected chi connectivity index (χ3v) is 4.40. The van der Waals surface area contributed by atoms with E-state index in [1.807, 2.05) is 18.2 Å². The topological polar surface area (TPSA) is 83.6 Å². The van der Waals surface area contributed by atoms with E-state index in [0.29, 0.717) is 11.4 Å². The molecule has 0 atom stereocenters. The molecular formula is C17H12FN5OS. The van der Waals surface area contributed by atoms with Crippen LogP contribution in [0.25, 0.3) is 0 Å². The number of pyridine rings is 1. The molecule has 0 aliphatic carbocycles. The number of hydrogen-bond acceptors (Lipinski definition) is 5. The number of nitrogens with zero attached hydrogens (tertiary/aromatic N) is 4. The molecule has 0 bridgehead atoms. The number of nitrogens with one attached hydrogen (secondary N) is 1. The van der Waals surface area contributed by atoms with Crippen LogP contribution in [0.2, 0.25) is 0 Å². The van der Waals surface area contributed by atoms with Crippen molar-refractivity contribution in [3.63, 3.8) is 0 Å². The van der Waals surface area contributed by atoms with Gasteiger partial charge in [0.15, 0.2) is 11.5 Å². The van der Waals surface area contributed by atoms with Gasteiger partial charge in [-0.25, -0.2) is 4.39 Å². The van der Waals surface area contributed by atoms with Crippen LogP contribution < -0.4 is 5.32 Å². The Bertz CT molecular complexity index is 962. The van der Waals surface area contributed by atoms with E-state index in [9.17, 15) is 9.18 Å². The van der Waals surface area contributed by atoms with Crippen molar-refractivity contribution in [1.82, 2.24) is 14.8 Å². The Hall–Kier alpha value is -3.18. The first-order chi connectivity index (χ1) is 12.1. The lowest BCUT2D eigenvalue weighted by atomic mass is 10.2. The first kappa shape index (κ1) is 16.7. The highest BCUT2D eigenvalue weighted by Gasteiger charge is 2.12. The molecule has 0 aliphatic heterocycles. The number of aromatic nitrogens is 3. The van der Waals surface area contributed by atoms with Crippen molar-refractivity contribution in [2.24, 2.45) is 7.05 Å². The molecule has 0 fully saturated rings. The molecule has 1 aromatic carbocycles. The zero-order valence-corrected chi connectivity index (χ0v) is 13.9. The zero-order chi connectivity index (χ0) is 17.8. The fourth-order valence-corrected chi connectivity index (χ4v) is 2.94. The zero-order valence-electron chi connectivity index (χ0n) is 13.1. The predicted octanol–water partition coefficient (Wildman–Crippen LogP) is 3.23. The Morgan fingerprint density at radius 1 is 1.32 bits per heavy atom. The standard InChI is InChI=1S/C17H12FN5OS/c1-23-16(8-12(9-19)22-23)25-13-4-2-11(3-5-13)21-17(24)14-6-7-20-10-15(14)18/h2-8,10H,1H3,(H,21,24). The minimum Gasteiger partial charge on any atom is -0.322 e. The molecule has 0 spiro atoms. The van der Waals surface area contributed by atoms with E-state index >= 15 is 0 Å². The maximum Gasteiger partial charge on any atom is 0.258 e. The van der Waals surface area contributed by atoms with Crippen LogP contribution >= 0.6 is 11.8 Å². The van der Waals surface area contributed by atoms with Crippen molar-refractivity contribution in [3.8, 4) is 6.07 Å². The summed E-state index contributed by atoms with van der Waals surface area (Å²) >= 11 is 1.45. The second-order valence-corrected chi connectivity index (χ2v) is 6.13. The summed E-state index contributed by atoms with van der Waals surface area (Å²) in [5, 5.41) is 16.4. The second kappa shape index (κ2) is 7.15. The molecule has 3 rings (SSSR count). The third-order valence-electron chi connectivity index (χ3n) is 3.30. The van der Waals surface area contributed by atoms with E-state index in [1.165, 1.54) is 24.0 Å². The molecule has 1 amide bonds. The molecule has 25 heavy (non-hydrogen) atoms. The predicted molar refractivity (Wildman–Crippen MR) is 90.6 cm³/mol. The van der Waals surface area contributed by atoms with Crippen LogP contribution in [0, 0.1) is 17.1 Å². The van der Waals surface area contributed by atoms with Crippen molar-refractivity contribution >= 4 is 23.4 Å². The summed E-state index contributed by atoms with van der Waals surface area (Å²) in [4.78, 5) is 16.6. The summed E-state index contributed by atoms with van der Waals surface area (Å²) in [7, 11) is 1.76. The molecule has 2 aromatic heterocycles. The van der Waals surface area contributed by atoms with Crippen molar-refractivity contribution in [2.45, 2.75) is 9.92 Å². The van der Waals surface area contributed by atoms with E-state index in [1.54, 1.807) is 29.9 Å². The van der Waals surface area contributed by atoms with Crippen LogP contribution in [0.15, 0.2) is 58.7 Å². The third kappa shape index (κ3) is 3.84. The number of nitriles is 1. The number of anilines is 1. The fraction of sp³-hybridized carbons (Fsp3) is 0.0588. The molecule has 2 heterocycles. The van der Waals surface area contributed by atoms with E-state index < -0.39 is 11.7 Å². The van der Waals surface area contributed by atoms with Gasteiger partial charge in [0, 0.05) is 29.9 Å². The molecule has 8 heteroatoms. The summed E-state index contributed by atoms with van der Waals surface area (Å²) in [5.41, 5.74) is 0.842. The van der Waals surface area contributed by atoms with Crippen LogP contribution in [0.5, 0.6) is 0 Å². The highest BCUT2D eigenvalue weighted by Crippen LogP contribution is 2.28. The molecule has 0 unspecified atom stereocenters. The normalized spacial score (nSPS) is 10.3. The molecule has 1 N–H and O–H groups in total. The van der Waals surface area contributed by atoms with Gasteiger partial charge in [0.1, 0.15) is 6.07 Å². The van der Waals surface area contributed by atoms with Crippen molar-refractivity contribution in [1.29, 1.82) is 5.26 Å². The lowest BCUT2D eigenvalue weighted by Crippen LogP contribution is -2.13. The Balaban J connectivity index is 1.70. The van der Waals surface area contributed by atoms with E-state index in [2.05, 4.69) is 15.4 Å². The lowest BCUT2D eigenvalue weighted by Gasteiger charge is -2.07. The smallest absolute Gasteiger partial charge is 0.258 e. The number of hydrogen-bond donors (Lipinski definition) is 1. The van der Waals surface area contributed by atoms with Crippen LogP contribution in [0.3, 0.4) is 0 Å². The van der Waals surface area contributed by atoms with E-state index in [4.69, 9.17) is 5.26 Å². The van der Waals surface area contributed by atoms with Gasteiger partial charge in [-0.3, -0.25) is 14.5 Å². The number of amides is 1. The molecule has 3 aromatic rings. The van der Waals surface area contributed by atoms with E-state index in [0.717, 1.165) is 16.1 Å². The highest BCUT2D eigenvalue weighted by atomic mass is 32.2. The van der Waals surface area contributed by atoms with Crippen molar-refractivity contribution in [2.75, 3.05) is 5.32 Å². The average molecular weight is 353 g/mol. The fourth-order valence-electron chi connectivity index (χ4n) is 2.09. The maximum absolute atomic E-state index is 13.6. The molecule has 0 radical (unpaired) electrons. The van der Waals surface area contributed by atoms with Gasteiger partial charge >= 0.3 is 0 Å². The Kier molecular flexibility index (Phi) is 4.77. The molecular weight excluding hydrogens is 341 g/mol. The first-order valence-electron chi connectivity index (χ1n) is 7.20. The molecule has 0 aliphatic rings. The second-order valence-electron chi connectivity index (χ2n) is 5.04. The van der Waals surface area contributed by atoms with Gasteiger partial charge in [-0.15, -0.1) is 0 Å². The Labute approximate surface area is 147 Å². The monoisotopic (exact) mass is 353 g/mol. The first-order valence-corrected chi connectivity index (χ1v) is 8.01. The minimum atomic E-state index is -0.670. The van der Waals surface area contributed by atoms with Crippen molar-refractivity contribution < 1.29 is 9.18 Å². The van der Waals surface area contributed by atoms with Crippen LogP contribution in [-0.2, 0) is 7.05 Å². The lowest BCUT2D eigenvalue weighted by molar-refractivity contribution is 0.102. The largest absolute Gasteiger partial charge is 0.322 e. The number of rotatable bonds is 4. The van der Waals surface area contributed by atoms with Gasteiger partial charge < -0.3 is 5.32 Å². The van der Waals surface area contributed by atoms with Crippen LogP contribution in [-0.4, -0.2) is 20.7 Å². The number of halogens is 1. The SMILES string of the molecule is Cn1nc(C#N)cc1Sc1ccc(NC(=O)c2ccncc2F)cc1. The van der Waals surface area contributed by atoms with Crippen LogP contribution in [0.4, 0.5) is 10.1 Å². The maximum atomic E-state index is 13.6. The van der Waals surface area contributed by atoms with Gasteiger partial charge in [-0.1, -0.05) is 11.8 Å². The van der Waals surface area contributed by atoms with Gasteiger partial charge in [0.2, 0.25) is 0 Å². The van der Waals surface area contributed by atoms with Gasteiger partial charge in [-0.05, 0) is 30.3 Å². The van der Waals surface area contributed by atoms with E-state index in [-0.39, 0.29) is 5.56 Å². The summed E-state index contributed by atoms with van der Waals surface area (Å²) < 4.78 is 15.2. The molecule has 0 saturated heterocycles. The summed E-state index contributed by atoms with van der Waals surface area (Å²) in [6.07, 6.45) is 2.36. The number of carbonyl (C=O) groups is 1. The summed E-state index contributed by atoms with van der Waals surface area (Å²) in [6.45, 7) is 0. The number of aryl methyl sites for hydroxylation is 1. The van der Waals surface area contributed by atoms with Crippen molar-refractivity contribution in [3.05, 3.63) is 65.9 Å². The highest BCUT2D eigenvalue weighted by molar-refractivity contribution is 7.99. The molecule has 124 valence electrons. The van der Waals surface area contributed by atoms with Gasteiger partial charge in [-0.2, -0.15) is 10.4 Å². The molecule has 0 saturated carbocycles. The Morgan fingerprint density at radius 2 is 2.08 bits per heavy atom. The Morgan fingerprint density at radius 3 is 2.72 bits per heavy atom. The quantitative estimate of drug-likeness (QED) is 0.778. The van der Waals surface area contributed by atoms with Gasteiger partial charge in [0.25, 0.3) is 5.91 Å². The summed E-state index contributed by atoms with van der Waals surface area (Å²) in [5.74, 6) is -1.21.